The van der Waals surface area contributed by atoms with Gasteiger partial charge in [-0.05, 0) is 64.2 Å². The van der Waals surface area contributed by atoms with Crippen LogP contribution in [0.25, 0.3) is 0 Å². The van der Waals surface area contributed by atoms with Gasteiger partial charge in [0.05, 0.1) is 5.56 Å². The van der Waals surface area contributed by atoms with E-state index in [0.717, 1.165) is 24.1 Å². The fourth-order valence-electron chi connectivity index (χ4n) is 5.20. The highest BCUT2D eigenvalue weighted by Gasteiger charge is 2.47. The fraction of sp³-hybridized carbons (Fsp3) is 0.444. The van der Waals surface area contributed by atoms with Crippen LogP contribution in [0.3, 0.4) is 0 Å². The molecule has 0 spiro atoms. The molecule has 0 saturated heterocycles. The number of carbonyl (C=O) groups excluding carboxylic acids is 1. The highest BCUT2D eigenvalue weighted by atomic mass is 16.7. The predicted octanol–water partition coefficient (Wildman–Crippen LogP) is 3.53. The summed E-state index contributed by atoms with van der Waals surface area (Å²) in [7, 11) is 0. The van der Waals surface area contributed by atoms with Gasteiger partial charge in [-0.15, -0.1) is 6.42 Å². The molecule has 0 radical (unpaired) electrons. The fourth-order valence-corrected chi connectivity index (χ4v) is 5.20. The molecule has 2 aromatic rings. The van der Waals surface area contributed by atoms with Gasteiger partial charge in [0.1, 0.15) is 0 Å². The molecule has 36 heavy (non-hydrogen) atoms. The number of benzene rings is 1. The summed E-state index contributed by atoms with van der Waals surface area (Å²) in [5.41, 5.74) is 3.18. The lowest BCUT2D eigenvalue weighted by atomic mass is 9.81. The van der Waals surface area contributed by atoms with Crippen molar-refractivity contribution in [3.05, 3.63) is 56.0 Å². The van der Waals surface area contributed by atoms with Crippen molar-refractivity contribution in [2.75, 3.05) is 0 Å². The van der Waals surface area contributed by atoms with Gasteiger partial charge in [0, 0.05) is 47.8 Å². The van der Waals surface area contributed by atoms with Crippen LogP contribution in [-0.4, -0.2) is 33.9 Å². The first kappa shape index (κ1) is 25.2. The first-order chi connectivity index (χ1) is 17.0. The number of hydrogen-bond donors (Lipinski definition) is 4. The Bertz CT molecular complexity index is 1320. The molecule has 4 N–H and O–H groups in total. The van der Waals surface area contributed by atoms with Crippen molar-refractivity contribution in [3.8, 4) is 23.8 Å². The average Bonchev–Trinajstić information content (AvgIpc) is 3.18. The minimum absolute atomic E-state index is 0.0234. The summed E-state index contributed by atoms with van der Waals surface area (Å²) in [4.78, 5) is 39.2. The Balaban J connectivity index is 1.54. The topological polar surface area (TPSA) is 130 Å². The van der Waals surface area contributed by atoms with Gasteiger partial charge in [0.2, 0.25) is 0 Å². The van der Waals surface area contributed by atoms with Crippen molar-refractivity contribution in [3.63, 3.8) is 0 Å². The van der Waals surface area contributed by atoms with E-state index in [9.17, 15) is 14.4 Å². The summed E-state index contributed by atoms with van der Waals surface area (Å²) in [5, 5.41) is 14.4. The summed E-state index contributed by atoms with van der Waals surface area (Å²) >= 11 is 0. The predicted molar refractivity (Wildman–Crippen MR) is 133 cm³/mol. The number of carbonyl (C=O) groups is 2. The summed E-state index contributed by atoms with van der Waals surface area (Å²) in [6.07, 6.45) is 7.55. The van der Waals surface area contributed by atoms with Crippen molar-refractivity contribution in [1.29, 1.82) is 0 Å². The molecule has 1 aromatic carbocycles. The number of aromatic nitrogens is 1. The number of fused-ring (bicyclic) bond motifs is 1. The van der Waals surface area contributed by atoms with E-state index in [2.05, 4.69) is 21.5 Å². The highest BCUT2D eigenvalue weighted by molar-refractivity contribution is 5.97. The largest absolute Gasteiger partial charge is 0.465 e. The van der Waals surface area contributed by atoms with Gasteiger partial charge in [-0.2, -0.15) is 0 Å². The van der Waals surface area contributed by atoms with E-state index in [1.54, 1.807) is 19.9 Å². The van der Waals surface area contributed by atoms with E-state index in [1.165, 1.54) is 0 Å². The van der Waals surface area contributed by atoms with E-state index in [1.807, 2.05) is 19.9 Å². The monoisotopic (exact) mass is 493 g/mol. The number of carboxylic acid groups (broad SMARTS) is 1. The zero-order valence-electron chi connectivity index (χ0n) is 20.9. The van der Waals surface area contributed by atoms with Gasteiger partial charge >= 0.3 is 6.09 Å². The summed E-state index contributed by atoms with van der Waals surface area (Å²) in [5.74, 6) is 2.15. The molecule has 190 valence electrons. The second kappa shape index (κ2) is 9.61. The normalized spacial score (nSPS) is 22.5. The number of ether oxygens (including phenoxy) is 2. The van der Waals surface area contributed by atoms with Gasteiger partial charge < -0.3 is 30.2 Å². The van der Waals surface area contributed by atoms with Crippen LogP contribution in [0.4, 0.5) is 4.79 Å². The smallest absolute Gasteiger partial charge is 0.404 e. The second-order valence-electron chi connectivity index (χ2n) is 9.74. The molecule has 2 amide bonds. The van der Waals surface area contributed by atoms with Crippen LogP contribution in [0.15, 0.2) is 16.9 Å². The number of H-pyrrole nitrogens is 1. The Morgan fingerprint density at radius 1 is 1.17 bits per heavy atom. The van der Waals surface area contributed by atoms with Gasteiger partial charge in [-0.3, -0.25) is 9.59 Å². The average molecular weight is 494 g/mol. The number of terminal acetylenes is 1. The van der Waals surface area contributed by atoms with Crippen LogP contribution < -0.4 is 25.7 Å². The first-order valence-corrected chi connectivity index (χ1v) is 12.0. The van der Waals surface area contributed by atoms with Crippen LogP contribution in [0, 0.1) is 39.0 Å². The maximum Gasteiger partial charge on any atom is 0.404 e. The summed E-state index contributed by atoms with van der Waals surface area (Å²) in [6, 6.07) is 3.38. The van der Waals surface area contributed by atoms with E-state index >= 15 is 0 Å². The van der Waals surface area contributed by atoms with E-state index in [0.29, 0.717) is 46.6 Å². The van der Waals surface area contributed by atoms with Crippen LogP contribution in [0.1, 0.15) is 70.9 Å². The molecule has 1 aromatic heterocycles. The molecule has 1 aliphatic heterocycles. The third-order valence-electron chi connectivity index (χ3n) is 7.21. The number of nitrogens with one attached hydrogen (secondary N) is 3. The van der Waals surface area contributed by atoms with Gasteiger partial charge in [0.15, 0.2) is 11.5 Å². The molecule has 1 unspecified atom stereocenters. The van der Waals surface area contributed by atoms with Crippen molar-refractivity contribution < 1.29 is 24.2 Å². The lowest BCUT2D eigenvalue weighted by molar-refractivity contribution is -0.121. The Morgan fingerprint density at radius 2 is 1.83 bits per heavy atom. The minimum atomic E-state index is -1.02. The minimum Gasteiger partial charge on any atom is -0.465 e. The van der Waals surface area contributed by atoms with Crippen LogP contribution in [-0.2, 0) is 6.54 Å². The molecular weight excluding hydrogens is 462 g/mol. The maximum absolute atomic E-state index is 13.1. The van der Waals surface area contributed by atoms with Crippen LogP contribution in [0.2, 0.25) is 0 Å². The Kier molecular flexibility index (Phi) is 6.72. The number of hydrogen-bond acceptors (Lipinski definition) is 5. The molecule has 1 atom stereocenters. The van der Waals surface area contributed by atoms with Crippen molar-refractivity contribution in [1.82, 2.24) is 15.6 Å². The standard InChI is InChI=1S/C27H31N3O6/c1-6-17-12-20(24(31)28-13-21-14(2)11-15(3)29-25(21)32)16(4)22-23(17)36-27(5,35-22)18-7-9-19(10-8-18)30-26(33)34/h1,11-12,18-19,30H,7-10,13H2,2-5H3,(H,28,31)(H,29,32)(H,33,34)/t18-,19-,27?. The summed E-state index contributed by atoms with van der Waals surface area (Å²) in [6.45, 7) is 7.35. The Hall–Kier alpha value is -3.93. The molecule has 1 saturated carbocycles. The molecule has 1 fully saturated rings. The zero-order chi connectivity index (χ0) is 26.2. The van der Waals surface area contributed by atoms with Crippen LogP contribution in [0.5, 0.6) is 11.5 Å². The van der Waals surface area contributed by atoms with Gasteiger partial charge in [-0.25, -0.2) is 4.79 Å². The lowest BCUT2D eigenvalue weighted by Crippen LogP contribution is -2.47. The zero-order valence-corrected chi connectivity index (χ0v) is 20.9. The van der Waals surface area contributed by atoms with Crippen LogP contribution >= 0.6 is 0 Å². The summed E-state index contributed by atoms with van der Waals surface area (Å²) < 4.78 is 12.6. The second-order valence-corrected chi connectivity index (χ2v) is 9.74. The SMILES string of the molecule is C#Cc1cc(C(=O)NCc2c(C)cc(C)[nH]c2=O)c(C)c2c1OC(C)([C@H]1CC[C@H](NC(=O)O)CC1)O2. The molecule has 9 nitrogen and oxygen atoms in total. The first-order valence-electron chi connectivity index (χ1n) is 12.0. The number of aromatic amines is 1. The van der Waals surface area contributed by atoms with Gasteiger partial charge in [-0.1, -0.05) is 5.92 Å². The molecule has 2 heterocycles. The lowest BCUT2D eigenvalue weighted by Gasteiger charge is -2.37. The van der Waals surface area contributed by atoms with E-state index < -0.39 is 11.9 Å². The molecular formula is C27H31N3O6. The Labute approximate surface area is 209 Å². The number of amides is 2. The molecule has 4 rings (SSSR count). The third kappa shape index (κ3) is 4.76. The molecule has 2 aliphatic rings. The number of rotatable bonds is 5. The van der Waals surface area contributed by atoms with Crippen molar-refractivity contribution in [2.45, 2.75) is 71.8 Å². The third-order valence-corrected chi connectivity index (χ3v) is 7.21. The molecule has 9 heteroatoms. The quantitative estimate of drug-likeness (QED) is 0.472. The van der Waals surface area contributed by atoms with E-state index in [4.69, 9.17) is 21.0 Å². The van der Waals surface area contributed by atoms with Gasteiger partial charge in [0.25, 0.3) is 17.3 Å². The molecule has 1 aliphatic carbocycles. The highest BCUT2D eigenvalue weighted by Crippen LogP contribution is 2.50. The van der Waals surface area contributed by atoms with Crippen molar-refractivity contribution >= 4 is 12.0 Å². The number of pyridine rings is 1. The molecule has 0 bridgehead atoms. The van der Waals surface area contributed by atoms with Crippen molar-refractivity contribution in [2.24, 2.45) is 5.92 Å². The Morgan fingerprint density at radius 3 is 2.44 bits per heavy atom. The number of aryl methyl sites for hydroxylation is 2. The van der Waals surface area contributed by atoms with E-state index in [-0.39, 0.29) is 30.0 Å². The maximum atomic E-state index is 13.1.